The number of ether oxygens (including phenoxy) is 2. The summed E-state index contributed by atoms with van der Waals surface area (Å²) in [7, 11) is 3.13. The van der Waals surface area contributed by atoms with E-state index in [1.165, 1.54) is 0 Å². The normalized spacial score (nSPS) is 10.1. The van der Waals surface area contributed by atoms with Crippen molar-refractivity contribution in [3.05, 3.63) is 35.6 Å². The highest BCUT2D eigenvalue weighted by Gasteiger charge is 2.12. The van der Waals surface area contributed by atoms with Gasteiger partial charge in [0.05, 0.1) is 19.2 Å². The number of aromatic nitrogens is 2. The molecule has 0 aliphatic heterocycles. The van der Waals surface area contributed by atoms with Crippen molar-refractivity contribution in [3.63, 3.8) is 0 Å². The van der Waals surface area contributed by atoms with E-state index in [1.54, 1.807) is 44.8 Å². The molecule has 1 heterocycles. The highest BCUT2D eigenvalue weighted by atomic mass is 35.5. The Labute approximate surface area is 104 Å². The van der Waals surface area contributed by atoms with Crippen LogP contribution in [0.5, 0.6) is 11.5 Å². The van der Waals surface area contributed by atoms with Crippen LogP contribution in [0, 0.1) is 0 Å². The van der Waals surface area contributed by atoms with E-state index < -0.39 is 0 Å². The van der Waals surface area contributed by atoms with Gasteiger partial charge in [-0.2, -0.15) is 0 Å². The molecule has 0 amide bonds. The van der Waals surface area contributed by atoms with Crippen LogP contribution in [-0.4, -0.2) is 24.2 Å². The van der Waals surface area contributed by atoms with Crippen LogP contribution in [0.1, 0.15) is 0 Å². The van der Waals surface area contributed by atoms with E-state index in [9.17, 15) is 0 Å². The molecule has 0 aliphatic carbocycles. The Balaban J connectivity index is 2.56. The highest BCUT2D eigenvalue weighted by Crippen LogP contribution is 2.36. The second-order valence-corrected chi connectivity index (χ2v) is 3.67. The van der Waals surface area contributed by atoms with E-state index in [4.69, 9.17) is 21.1 Å². The first-order valence-corrected chi connectivity index (χ1v) is 5.33. The fourth-order valence-corrected chi connectivity index (χ4v) is 1.70. The molecular weight excluding hydrogens is 240 g/mol. The number of nitrogens with zero attached hydrogens (tertiary/aromatic N) is 2. The molecule has 17 heavy (non-hydrogen) atoms. The van der Waals surface area contributed by atoms with Gasteiger partial charge in [-0.25, -0.2) is 9.97 Å². The van der Waals surface area contributed by atoms with Gasteiger partial charge in [0.2, 0.25) is 0 Å². The minimum Gasteiger partial charge on any atom is -0.493 e. The second kappa shape index (κ2) is 5.01. The number of hydrogen-bond donors (Lipinski definition) is 0. The molecule has 0 atom stereocenters. The molecule has 0 aliphatic rings. The van der Waals surface area contributed by atoms with Crippen LogP contribution in [0.25, 0.3) is 11.4 Å². The maximum atomic E-state index is 6.16. The van der Waals surface area contributed by atoms with Gasteiger partial charge in [-0.05, 0) is 12.1 Å². The Hall–Kier alpha value is -1.81. The lowest BCUT2D eigenvalue weighted by Gasteiger charge is -2.10. The third kappa shape index (κ3) is 2.31. The number of benzene rings is 1. The summed E-state index contributed by atoms with van der Waals surface area (Å²) in [6.45, 7) is 0. The summed E-state index contributed by atoms with van der Waals surface area (Å²) in [6.07, 6.45) is 3.32. The quantitative estimate of drug-likeness (QED) is 0.840. The van der Waals surface area contributed by atoms with E-state index in [-0.39, 0.29) is 0 Å². The van der Waals surface area contributed by atoms with E-state index in [2.05, 4.69) is 9.97 Å². The maximum absolute atomic E-state index is 6.16. The Morgan fingerprint density at radius 2 is 1.59 bits per heavy atom. The SMILES string of the molecule is COc1cc(Cl)c(-c2ncccn2)cc1OC. The van der Waals surface area contributed by atoms with Crippen LogP contribution < -0.4 is 9.47 Å². The zero-order valence-electron chi connectivity index (χ0n) is 9.48. The molecular formula is C12H11ClN2O2. The summed E-state index contributed by atoms with van der Waals surface area (Å²) in [5.41, 5.74) is 0.713. The van der Waals surface area contributed by atoms with Gasteiger partial charge >= 0.3 is 0 Å². The molecule has 88 valence electrons. The molecule has 0 N–H and O–H groups in total. The summed E-state index contributed by atoms with van der Waals surface area (Å²) >= 11 is 6.16. The Bertz CT molecular complexity index is 517. The van der Waals surface area contributed by atoms with E-state index >= 15 is 0 Å². The zero-order valence-corrected chi connectivity index (χ0v) is 10.2. The van der Waals surface area contributed by atoms with E-state index in [0.29, 0.717) is 27.9 Å². The fourth-order valence-electron chi connectivity index (χ4n) is 1.46. The lowest BCUT2D eigenvalue weighted by Crippen LogP contribution is -1.94. The third-order valence-electron chi connectivity index (χ3n) is 2.28. The van der Waals surface area contributed by atoms with Gasteiger partial charge in [-0.1, -0.05) is 11.6 Å². The molecule has 0 saturated carbocycles. The summed E-state index contributed by atoms with van der Waals surface area (Å²) in [4.78, 5) is 8.30. The van der Waals surface area contributed by atoms with Crippen LogP contribution in [0.15, 0.2) is 30.6 Å². The van der Waals surface area contributed by atoms with E-state index in [1.807, 2.05) is 0 Å². The average molecular weight is 251 g/mol. The zero-order chi connectivity index (χ0) is 12.3. The monoisotopic (exact) mass is 250 g/mol. The molecule has 5 heteroatoms. The molecule has 0 fully saturated rings. The molecule has 2 rings (SSSR count). The minimum atomic E-state index is 0.522. The van der Waals surface area contributed by atoms with Gasteiger partial charge in [-0.15, -0.1) is 0 Å². The molecule has 0 bridgehead atoms. The summed E-state index contributed by atoms with van der Waals surface area (Å²) in [5.74, 6) is 1.73. The van der Waals surface area contributed by atoms with Crippen LogP contribution in [0.2, 0.25) is 5.02 Å². The standard InChI is InChI=1S/C12H11ClN2O2/c1-16-10-6-8(9(13)7-11(10)17-2)12-14-4-3-5-15-12/h3-7H,1-2H3. The van der Waals surface area contributed by atoms with Crippen molar-refractivity contribution in [1.29, 1.82) is 0 Å². The van der Waals surface area contributed by atoms with Crippen molar-refractivity contribution < 1.29 is 9.47 Å². The summed E-state index contributed by atoms with van der Waals surface area (Å²) < 4.78 is 10.4. The topological polar surface area (TPSA) is 44.2 Å². The van der Waals surface area contributed by atoms with Crippen molar-refractivity contribution in [3.8, 4) is 22.9 Å². The van der Waals surface area contributed by atoms with Gasteiger partial charge in [0.25, 0.3) is 0 Å². The van der Waals surface area contributed by atoms with Gasteiger partial charge < -0.3 is 9.47 Å². The van der Waals surface area contributed by atoms with Gasteiger partial charge in [0, 0.05) is 24.0 Å². The summed E-state index contributed by atoms with van der Waals surface area (Å²) in [6, 6.07) is 5.20. The number of halogens is 1. The predicted octanol–water partition coefficient (Wildman–Crippen LogP) is 2.81. The van der Waals surface area contributed by atoms with Crippen LogP contribution in [0.4, 0.5) is 0 Å². The fraction of sp³-hybridized carbons (Fsp3) is 0.167. The first-order chi connectivity index (χ1) is 8.26. The van der Waals surface area contributed by atoms with Gasteiger partial charge in [-0.3, -0.25) is 0 Å². The van der Waals surface area contributed by atoms with Crippen LogP contribution in [-0.2, 0) is 0 Å². The third-order valence-corrected chi connectivity index (χ3v) is 2.59. The van der Waals surface area contributed by atoms with Crippen LogP contribution in [0.3, 0.4) is 0 Å². The van der Waals surface area contributed by atoms with Crippen molar-refractivity contribution in [2.24, 2.45) is 0 Å². The number of rotatable bonds is 3. The van der Waals surface area contributed by atoms with E-state index in [0.717, 1.165) is 0 Å². The molecule has 1 aromatic heterocycles. The molecule has 0 radical (unpaired) electrons. The molecule has 1 aromatic carbocycles. The smallest absolute Gasteiger partial charge is 0.162 e. The first-order valence-electron chi connectivity index (χ1n) is 4.95. The maximum Gasteiger partial charge on any atom is 0.162 e. The minimum absolute atomic E-state index is 0.522. The Morgan fingerprint density at radius 3 is 2.18 bits per heavy atom. The highest BCUT2D eigenvalue weighted by molar-refractivity contribution is 6.33. The van der Waals surface area contributed by atoms with Crippen LogP contribution >= 0.6 is 11.6 Å². The number of methoxy groups -OCH3 is 2. The molecule has 4 nitrogen and oxygen atoms in total. The van der Waals surface area contributed by atoms with Crippen molar-refractivity contribution in [2.75, 3.05) is 14.2 Å². The molecule has 0 unspecified atom stereocenters. The molecule has 0 spiro atoms. The average Bonchev–Trinajstić information content (AvgIpc) is 2.39. The lowest BCUT2D eigenvalue weighted by molar-refractivity contribution is 0.355. The second-order valence-electron chi connectivity index (χ2n) is 3.26. The predicted molar refractivity (Wildman–Crippen MR) is 65.6 cm³/mol. The van der Waals surface area contributed by atoms with Crippen molar-refractivity contribution >= 4 is 11.6 Å². The molecule has 2 aromatic rings. The molecule has 0 saturated heterocycles. The Morgan fingerprint density at radius 1 is 1.00 bits per heavy atom. The first kappa shape index (κ1) is 11.7. The summed E-state index contributed by atoms with van der Waals surface area (Å²) in [5, 5.41) is 0.522. The van der Waals surface area contributed by atoms with Gasteiger partial charge in [0.15, 0.2) is 17.3 Å². The van der Waals surface area contributed by atoms with Crippen molar-refractivity contribution in [1.82, 2.24) is 9.97 Å². The van der Waals surface area contributed by atoms with Crippen molar-refractivity contribution in [2.45, 2.75) is 0 Å². The Kier molecular flexibility index (Phi) is 3.44. The largest absolute Gasteiger partial charge is 0.493 e. The number of hydrogen-bond acceptors (Lipinski definition) is 4. The van der Waals surface area contributed by atoms with Gasteiger partial charge in [0.1, 0.15) is 0 Å². The lowest BCUT2D eigenvalue weighted by atomic mass is 10.2.